The van der Waals surface area contributed by atoms with Crippen LogP contribution in [0.1, 0.15) is 16.7 Å². The third-order valence-electron chi connectivity index (χ3n) is 3.89. The summed E-state index contributed by atoms with van der Waals surface area (Å²) in [7, 11) is 0. The van der Waals surface area contributed by atoms with Crippen LogP contribution in [0.3, 0.4) is 0 Å². The van der Waals surface area contributed by atoms with E-state index in [1.165, 1.54) is 11.8 Å². The molecule has 8 heteroatoms. The molecule has 0 atom stereocenters. The van der Waals surface area contributed by atoms with Crippen molar-refractivity contribution in [2.24, 2.45) is 0 Å². The van der Waals surface area contributed by atoms with Gasteiger partial charge in [-0.1, -0.05) is 41.6 Å². The molecule has 0 aliphatic heterocycles. The Balaban J connectivity index is 1.71. The number of carbonyl (C=O) groups is 1. The molecule has 26 heavy (non-hydrogen) atoms. The van der Waals surface area contributed by atoms with Crippen LogP contribution < -0.4 is 5.32 Å². The van der Waals surface area contributed by atoms with Crippen LogP contribution in [0.25, 0.3) is 5.69 Å². The van der Waals surface area contributed by atoms with Crippen molar-refractivity contribution in [3.05, 3.63) is 58.1 Å². The molecule has 6 nitrogen and oxygen atoms in total. The molecule has 1 N–H and O–H groups in total. The van der Waals surface area contributed by atoms with Crippen LogP contribution in [0.5, 0.6) is 0 Å². The average Bonchev–Trinajstić information content (AvgIpc) is 3.04. The van der Waals surface area contributed by atoms with E-state index in [9.17, 15) is 4.79 Å². The summed E-state index contributed by atoms with van der Waals surface area (Å²) >= 11 is 7.23. The van der Waals surface area contributed by atoms with E-state index in [-0.39, 0.29) is 11.7 Å². The van der Waals surface area contributed by atoms with Crippen molar-refractivity contribution in [2.45, 2.75) is 25.9 Å². The van der Waals surface area contributed by atoms with Crippen LogP contribution in [-0.4, -0.2) is 31.9 Å². The van der Waals surface area contributed by atoms with Crippen LogP contribution in [0.15, 0.2) is 41.6 Å². The molecule has 0 bridgehead atoms. The molecule has 0 fully saturated rings. The number of hydrogen-bond acceptors (Lipinski definition) is 5. The summed E-state index contributed by atoms with van der Waals surface area (Å²) in [6.07, 6.45) is 0. The van der Waals surface area contributed by atoms with Crippen LogP contribution >= 0.6 is 23.4 Å². The Labute approximate surface area is 160 Å². The van der Waals surface area contributed by atoms with E-state index in [4.69, 9.17) is 11.6 Å². The summed E-state index contributed by atoms with van der Waals surface area (Å²) in [6, 6.07) is 11.4. The van der Waals surface area contributed by atoms with Crippen LogP contribution in [0, 0.1) is 20.8 Å². The summed E-state index contributed by atoms with van der Waals surface area (Å²) in [4.78, 5) is 12.3. The van der Waals surface area contributed by atoms with Crippen molar-refractivity contribution in [1.29, 1.82) is 0 Å². The van der Waals surface area contributed by atoms with E-state index < -0.39 is 0 Å². The van der Waals surface area contributed by atoms with Gasteiger partial charge in [0.05, 0.1) is 11.4 Å². The van der Waals surface area contributed by atoms with Gasteiger partial charge in [-0.25, -0.2) is 0 Å². The summed E-state index contributed by atoms with van der Waals surface area (Å²) in [5.41, 5.74) is 4.74. The van der Waals surface area contributed by atoms with Crippen LogP contribution in [-0.2, 0) is 4.79 Å². The topological polar surface area (TPSA) is 72.7 Å². The van der Waals surface area contributed by atoms with Crippen molar-refractivity contribution >= 4 is 35.0 Å². The molecular weight excluding hydrogens is 370 g/mol. The summed E-state index contributed by atoms with van der Waals surface area (Å²) < 4.78 is 1.68. The number of hydrogen-bond donors (Lipinski definition) is 1. The first-order valence-electron chi connectivity index (χ1n) is 7.99. The number of halogens is 1. The van der Waals surface area contributed by atoms with Gasteiger partial charge in [0.2, 0.25) is 11.1 Å². The second-order valence-corrected chi connectivity index (χ2v) is 7.29. The third-order valence-corrected chi connectivity index (χ3v) is 5.04. The van der Waals surface area contributed by atoms with Crippen molar-refractivity contribution < 1.29 is 4.79 Å². The molecule has 0 spiro atoms. The molecule has 0 radical (unpaired) electrons. The predicted octanol–water partition coefficient (Wildman–Crippen LogP) is 3.97. The Morgan fingerprint density at radius 1 is 1.15 bits per heavy atom. The fourth-order valence-electron chi connectivity index (χ4n) is 2.63. The van der Waals surface area contributed by atoms with Crippen molar-refractivity contribution in [2.75, 3.05) is 11.1 Å². The smallest absolute Gasteiger partial charge is 0.234 e. The maximum atomic E-state index is 12.3. The highest BCUT2D eigenvalue weighted by Crippen LogP contribution is 2.24. The van der Waals surface area contributed by atoms with Crippen LogP contribution in [0.4, 0.5) is 5.69 Å². The Morgan fingerprint density at radius 2 is 1.88 bits per heavy atom. The van der Waals surface area contributed by atoms with Gasteiger partial charge in [0.15, 0.2) is 0 Å². The molecule has 0 aliphatic carbocycles. The van der Waals surface area contributed by atoms with E-state index in [1.807, 2.05) is 45.0 Å². The normalized spacial score (nSPS) is 10.8. The van der Waals surface area contributed by atoms with Gasteiger partial charge < -0.3 is 5.32 Å². The predicted molar refractivity (Wildman–Crippen MR) is 104 cm³/mol. The molecule has 0 saturated heterocycles. The first kappa shape index (κ1) is 18.4. The lowest BCUT2D eigenvalue weighted by atomic mass is 10.1. The van der Waals surface area contributed by atoms with Crippen molar-refractivity contribution in [3.63, 3.8) is 0 Å². The Morgan fingerprint density at radius 3 is 2.58 bits per heavy atom. The SMILES string of the molecule is Cc1cc(Cl)ccc1NC(=O)CSc1nnnn1-c1c(C)cccc1C. The summed E-state index contributed by atoms with van der Waals surface area (Å²) in [5, 5.41) is 16.0. The second-order valence-electron chi connectivity index (χ2n) is 5.91. The lowest BCUT2D eigenvalue weighted by Crippen LogP contribution is -2.15. The maximum absolute atomic E-state index is 12.3. The fourth-order valence-corrected chi connectivity index (χ4v) is 3.54. The molecule has 1 amide bonds. The number of para-hydroxylation sites is 1. The Hall–Kier alpha value is -2.38. The largest absolute Gasteiger partial charge is 0.325 e. The van der Waals surface area contributed by atoms with Crippen LogP contribution in [0.2, 0.25) is 5.02 Å². The number of amides is 1. The van der Waals surface area contributed by atoms with E-state index in [0.29, 0.717) is 10.2 Å². The van der Waals surface area contributed by atoms with Gasteiger partial charge in [0.1, 0.15) is 0 Å². The highest BCUT2D eigenvalue weighted by atomic mass is 35.5. The van der Waals surface area contributed by atoms with Gasteiger partial charge in [-0.05, 0) is 66.1 Å². The van der Waals surface area contributed by atoms with E-state index >= 15 is 0 Å². The zero-order chi connectivity index (χ0) is 18.7. The van der Waals surface area contributed by atoms with E-state index in [1.54, 1.807) is 16.8 Å². The number of nitrogens with zero attached hydrogens (tertiary/aromatic N) is 4. The number of aromatic nitrogens is 4. The lowest BCUT2D eigenvalue weighted by molar-refractivity contribution is -0.113. The fraction of sp³-hybridized carbons (Fsp3) is 0.222. The highest BCUT2D eigenvalue weighted by molar-refractivity contribution is 7.99. The molecule has 0 saturated carbocycles. The minimum Gasteiger partial charge on any atom is -0.325 e. The van der Waals surface area contributed by atoms with E-state index in [0.717, 1.165) is 28.1 Å². The minimum absolute atomic E-state index is 0.128. The molecule has 0 unspecified atom stereocenters. The highest BCUT2D eigenvalue weighted by Gasteiger charge is 2.15. The van der Waals surface area contributed by atoms with Crippen molar-refractivity contribution in [1.82, 2.24) is 20.2 Å². The third kappa shape index (κ3) is 4.05. The molecule has 3 rings (SSSR count). The number of carbonyl (C=O) groups excluding carboxylic acids is 1. The standard InChI is InChI=1S/C18H18ClN5OS/c1-11-5-4-6-12(2)17(11)24-18(21-22-23-24)26-10-16(25)20-15-8-7-14(19)9-13(15)3/h4-9H,10H2,1-3H3,(H,20,25). The van der Waals surface area contributed by atoms with Gasteiger partial charge in [0.25, 0.3) is 0 Å². The van der Waals surface area contributed by atoms with Gasteiger partial charge in [-0.2, -0.15) is 4.68 Å². The second kappa shape index (κ2) is 7.88. The van der Waals surface area contributed by atoms with Gasteiger partial charge in [-0.15, -0.1) is 5.10 Å². The molecule has 1 aromatic heterocycles. The number of benzene rings is 2. The molecule has 0 aliphatic rings. The van der Waals surface area contributed by atoms with Gasteiger partial charge in [0, 0.05) is 10.7 Å². The Kier molecular flexibility index (Phi) is 5.58. The van der Waals surface area contributed by atoms with E-state index in [2.05, 4.69) is 20.8 Å². The first-order chi connectivity index (χ1) is 12.5. The summed E-state index contributed by atoms with van der Waals surface area (Å²) in [6.45, 7) is 5.92. The quantitative estimate of drug-likeness (QED) is 0.670. The number of tetrazole rings is 1. The average molecular weight is 388 g/mol. The maximum Gasteiger partial charge on any atom is 0.234 e. The molecular formula is C18H18ClN5OS. The molecule has 134 valence electrons. The summed E-state index contributed by atoms with van der Waals surface area (Å²) in [5.74, 6) is 0.0735. The first-order valence-corrected chi connectivity index (χ1v) is 9.36. The zero-order valence-electron chi connectivity index (χ0n) is 14.7. The Bertz CT molecular complexity index is 936. The number of rotatable bonds is 5. The number of anilines is 1. The van der Waals surface area contributed by atoms with Crippen molar-refractivity contribution in [3.8, 4) is 5.69 Å². The van der Waals surface area contributed by atoms with Gasteiger partial charge >= 0.3 is 0 Å². The molecule has 2 aromatic carbocycles. The van der Waals surface area contributed by atoms with Gasteiger partial charge in [-0.3, -0.25) is 4.79 Å². The minimum atomic E-state index is -0.128. The monoisotopic (exact) mass is 387 g/mol. The number of aryl methyl sites for hydroxylation is 3. The lowest BCUT2D eigenvalue weighted by Gasteiger charge is -2.11. The molecule has 1 heterocycles. The molecule has 3 aromatic rings. The zero-order valence-corrected chi connectivity index (χ0v) is 16.2. The number of nitrogens with one attached hydrogen (secondary N) is 1. The number of thioether (sulfide) groups is 1.